The lowest BCUT2D eigenvalue weighted by molar-refractivity contribution is 0.652. The third-order valence-corrected chi connectivity index (χ3v) is 4.31. The molecule has 1 N–H and O–H groups in total. The maximum Gasteiger partial charge on any atom is 0.0670 e. The van der Waals surface area contributed by atoms with Crippen LogP contribution < -0.4 is 5.32 Å². The molecule has 0 aliphatic heterocycles. The van der Waals surface area contributed by atoms with Crippen LogP contribution in [0.3, 0.4) is 0 Å². The van der Waals surface area contributed by atoms with Crippen molar-refractivity contribution >= 4 is 34.8 Å². The summed E-state index contributed by atoms with van der Waals surface area (Å²) in [5, 5.41) is 4.98. The van der Waals surface area contributed by atoms with E-state index >= 15 is 0 Å². The summed E-state index contributed by atoms with van der Waals surface area (Å²) >= 11 is 18.6. The van der Waals surface area contributed by atoms with Crippen molar-refractivity contribution in [3.8, 4) is 11.1 Å². The van der Waals surface area contributed by atoms with Crippen molar-refractivity contribution in [3.05, 3.63) is 57.0 Å². The highest BCUT2D eigenvalue weighted by Crippen LogP contribution is 2.35. The fourth-order valence-corrected chi connectivity index (χ4v) is 2.68. The normalized spacial score (nSPS) is 12.5. The zero-order valence-corrected chi connectivity index (χ0v) is 12.9. The molecule has 100 valence electrons. The van der Waals surface area contributed by atoms with Crippen molar-refractivity contribution in [1.29, 1.82) is 0 Å². The maximum absolute atomic E-state index is 6.33. The summed E-state index contributed by atoms with van der Waals surface area (Å²) in [6.45, 7) is 2.06. The van der Waals surface area contributed by atoms with Crippen molar-refractivity contribution < 1.29 is 0 Å². The fraction of sp³-hybridized carbons (Fsp3) is 0.200. The lowest BCUT2D eigenvalue weighted by Gasteiger charge is -2.14. The van der Waals surface area contributed by atoms with Gasteiger partial charge in [0.2, 0.25) is 0 Å². The van der Waals surface area contributed by atoms with Gasteiger partial charge in [-0.25, -0.2) is 0 Å². The molecule has 0 aromatic heterocycles. The van der Waals surface area contributed by atoms with E-state index in [2.05, 4.69) is 12.2 Å². The average Bonchev–Trinajstić information content (AvgIpc) is 2.41. The van der Waals surface area contributed by atoms with E-state index in [4.69, 9.17) is 34.8 Å². The van der Waals surface area contributed by atoms with Gasteiger partial charge in [-0.2, -0.15) is 0 Å². The SMILES string of the molecule is CNC(C)c1ccc(-c2cccc(Cl)c2Cl)cc1Cl. The van der Waals surface area contributed by atoms with Crippen molar-refractivity contribution in [1.82, 2.24) is 5.32 Å². The van der Waals surface area contributed by atoms with E-state index in [0.29, 0.717) is 10.0 Å². The number of nitrogens with one attached hydrogen (secondary N) is 1. The van der Waals surface area contributed by atoms with Gasteiger partial charge in [0.1, 0.15) is 0 Å². The van der Waals surface area contributed by atoms with Gasteiger partial charge < -0.3 is 5.32 Å². The molecule has 4 heteroatoms. The van der Waals surface area contributed by atoms with Gasteiger partial charge in [0, 0.05) is 16.6 Å². The second kappa shape index (κ2) is 6.15. The van der Waals surface area contributed by atoms with Crippen LogP contribution in [0.2, 0.25) is 15.1 Å². The van der Waals surface area contributed by atoms with Gasteiger partial charge >= 0.3 is 0 Å². The molecule has 0 aliphatic rings. The van der Waals surface area contributed by atoms with Crippen LogP contribution in [0.1, 0.15) is 18.5 Å². The Kier molecular flexibility index (Phi) is 4.75. The predicted octanol–water partition coefficient (Wildman–Crippen LogP) is 5.59. The molecule has 2 aromatic carbocycles. The van der Waals surface area contributed by atoms with E-state index in [1.807, 2.05) is 37.4 Å². The first kappa shape index (κ1) is 14.7. The Bertz CT molecular complexity index is 596. The highest BCUT2D eigenvalue weighted by molar-refractivity contribution is 6.43. The molecule has 2 aromatic rings. The van der Waals surface area contributed by atoms with E-state index in [1.165, 1.54) is 0 Å². The van der Waals surface area contributed by atoms with Crippen LogP contribution in [0.5, 0.6) is 0 Å². The first-order valence-corrected chi connectivity index (χ1v) is 7.09. The number of halogens is 3. The maximum atomic E-state index is 6.33. The van der Waals surface area contributed by atoms with E-state index < -0.39 is 0 Å². The Labute approximate surface area is 128 Å². The summed E-state index contributed by atoms with van der Waals surface area (Å²) in [5.41, 5.74) is 2.91. The van der Waals surface area contributed by atoms with Crippen LogP contribution >= 0.6 is 34.8 Å². The van der Waals surface area contributed by atoms with E-state index in [1.54, 1.807) is 6.07 Å². The highest BCUT2D eigenvalue weighted by Gasteiger charge is 2.11. The highest BCUT2D eigenvalue weighted by atomic mass is 35.5. The van der Waals surface area contributed by atoms with E-state index in [0.717, 1.165) is 21.7 Å². The van der Waals surface area contributed by atoms with Crippen molar-refractivity contribution in [2.24, 2.45) is 0 Å². The zero-order valence-electron chi connectivity index (χ0n) is 10.7. The molecule has 0 heterocycles. The van der Waals surface area contributed by atoms with Gasteiger partial charge in [0.05, 0.1) is 10.0 Å². The minimum Gasteiger partial charge on any atom is -0.313 e. The first-order chi connectivity index (χ1) is 9.04. The van der Waals surface area contributed by atoms with Gasteiger partial charge in [-0.3, -0.25) is 0 Å². The molecular formula is C15H14Cl3N. The smallest absolute Gasteiger partial charge is 0.0670 e. The topological polar surface area (TPSA) is 12.0 Å². The Morgan fingerprint density at radius 1 is 1.00 bits per heavy atom. The van der Waals surface area contributed by atoms with Gasteiger partial charge in [-0.1, -0.05) is 59.1 Å². The van der Waals surface area contributed by atoms with Crippen LogP contribution in [0, 0.1) is 0 Å². The summed E-state index contributed by atoms with van der Waals surface area (Å²) in [6, 6.07) is 11.7. The zero-order chi connectivity index (χ0) is 14.0. The molecule has 1 atom stereocenters. The molecular weight excluding hydrogens is 301 g/mol. The number of hydrogen-bond acceptors (Lipinski definition) is 1. The van der Waals surface area contributed by atoms with E-state index in [-0.39, 0.29) is 6.04 Å². The lowest BCUT2D eigenvalue weighted by Crippen LogP contribution is -2.12. The van der Waals surface area contributed by atoms with Crippen molar-refractivity contribution in [2.45, 2.75) is 13.0 Å². The summed E-state index contributed by atoms with van der Waals surface area (Å²) in [7, 11) is 1.91. The monoisotopic (exact) mass is 313 g/mol. The second-order valence-electron chi connectivity index (χ2n) is 4.35. The van der Waals surface area contributed by atoms with Gasteiger partial charge in [-0.15, -0.1) is 0 Å². The fourth-order valence-electron chi connectivity index (χ4n) is 1.93. The minimum absolute atomic E-state index is 0.205. The predicted molar refractivity (Wildman–Crippen MR) is 84.4 cm³/mol. The Hall–Kier alpha value is -0.730. The third-order valence-electron chi connectivity index (χ3n) is 3.16. The summed E-state index contributed by atoms with van der Waals surface area (Å²) in [5.74, 6) is 0. The minimum atomic E-state index is 0.205. The molecule has 0 fully saturated rings. The van der Waals surface area contributed by atoms with Crippen LogP contribution in [0.4, 0.5) is 0 Å². The van der Waals surface area contributed by atoms with Crippen LogP contribution in [0.15, 0.2) is 36.4 Å². The molecule has 19 heavy (non-hydrogen) atoms. The Morgan fingerprint density at radius 2 is 1.74 bits per heavy atom. The number of rotatable bonds is 3. The largest absolute Gasteiger partial charge is 0.313 e. The Morgan fingerprint density at radius 3 is 2.37 bits per heavy atom. The molecule has 0 bridgehead atoms. The van der Waals surface area contributed by atoms with E-state index in [9.17, 15) is 0 Å². The van der Waals surface area contributed by atoms with Gasteiger partial charge in [-0.05, 0) is 37.2 Å². The van der Waals surface area contributed by atoms with Crippen molar-refractivity contribution in [2.75, 3.05) is 7.05 Å². The first-order valence-electron chi connectivity index (χ1n) is 5.95. The standard InChI is InChI=1S/C15H14Cl3N/c1-9(19-2)11-7-6-10(8-14(11)17)12-4-3-5-13(16)15(12)18/h3-9,19H,1-2H3. The molecule has 0 spiro atoms. The second-order valence-corrected chi connectivity index (χ2v) is 5.54. The molecule has 0 saturated heterocycles. The summed E-state index contributed by atoms with van der Waals surface area (Å²) in [6.07, 6.45) is 0. The molecule has 0 saturated carbocycles. The molecule has 0 aliphatic carbocycles. The summed E-state index contributed by atoms with van der Waals surface area (Å²) in [4.78, 5) is 0. The molecule has 1 nitrogen and oxygen atoms in total. The summed E-state index contributed by atoms with van der Waals surface area (Å²) < 4.78 is 0. The molecule has 0 radical (unpaired) electrons. The average molecular weight is 315 g/mol. The lowest BCUT2D eigenvalue weighted by atomic mass is 10.0. The van der Waals surface area contributed by atoms with Crippen LogP contribution in [-0.2, 0) is 0 Å². The molecule has 1 unspecified atom stereocenters. The number of benzene rings is 2. The third kappa shape index (κ3) is 3.06. The molecule has 0 amide bonds. The van der Waals surface area contributed by atoms with Crippen molar-refractivity contribution in [3.63, 3.8) is 0 Å². The van der Waals surface area contributed by atoms with Crippen LogP contribution in [-0.4, -0.2) is 7.05 Å². The quantitative estimate of drug-likeness (QED) is 0.778. The Balaban J connectivity index is 2.48. The van der Waals surface area contributed by atoms with Crippen LogP contribution in [0.25, 0.3) is 11.1 Å². The number of hydrogen-bond donors (Lipinski definition) is 1. The van der Waals surface area contributed by atoms with Gasteiger partial charge in [0.15, 0.2) is 0 Å². The van der Waals surface area contributed by atoms with Gasteiger partial charge in [0.25, 0.3) is 0 Å². The molecule has 2 rings (SSSR count).